The number of hydrogen-bond donors (Lipinski definition) is 3. The fraction of sp³-hybridized carbons (Fsp3) is 0.857. The van der Waals surface area contributed by atoms with Crippen molar-refractivity contribution in [3.05, 3.63) is 22.7 Å². The molecule has 12 heteroatoms. The molecule has 0 saturated heterocycles. The second kappa shape index (κ2) is 25.0. The van der Waals surface area contributed by atoms with Crippen molar-refractivity contribution >= 4 is 35.0 Å². The summed E-state index contributed by atoms with van der Waals surface area (Å²) in [6.07, 6.45) is 20.5. The SMILES string of the molecule is CCCCCCCCCCCCCCSSCCCCCCOP(=O)(O)CO[C@H](CO)Cn1ccc(N)nc1=O. The Labute approximate surface area is 249 Å². The van der Waals surface area contributed by atoms with Crippen molar-refractivity contribution in [2.24, 2.45) is 0 Å². The lowest BCUT2D eigenvalue weighted by Crippen LogP contribution is -2.32. The average molecular weight is 624 g/mol. The number of unbranched alkanes of at least 4 members (excludes halogenated alkanes) is 14. The highest BCUT2D eigenvalue weighted by molar-refractivity contribution is 8.76. The van der Waals surface area contributed by atoms with Gasteiger partial charge in [0.2, 0.25) is 0 Å². The highest BCUT2D eigenvalue weighted by Gasteiger charge is 2.22. The molecule has 4 N–H and O–H groups in total. The van der Waals surface area contributed by atoms with Gasteiger partial charge < -0.3 is 25.0 Å². The van der Waals surface area contributed by atoms with Crippen LogP contribution in [0.25, 0.3) is 0 Å². The third-order valence-electron chi connectivity index (χ3n) is 6.55. The molecule has 0 aliphatic carbocycles. The highest BCUT2D eigenvalue weighted by atomic mass is 33.1. The molecule has 1 heterocycles. The lowest BCUT2D eigenvalue weighted by molar-refractivity contribution is 0.0167. The first-order valence-electron chi connectivity index (χ1n) is 15.1. The Kier molecular flexibility index (Phi) is 23.4. The first-order valence-corrected chi connectivity index (χ1v) is 19.4. The molecule has 1 unspecified atom stereocenters. The standard InChI is InChI=1S/C28H54N3O6PS2/c1-2-3-4-5-6-7-8-9-10-11-13-16-21-39-40-22-17-14-12-15-20-37-38(34,35)25-36-26(24-32)23-31-19-18-27(29)30-28(31)33/h18-19,26,32H,2-17,20-25H2,1H3,(H,34,35)(H2,29,30,33)/t26-/m0/s1. The van der Waals surface area contributed by atoms with Crippen LogP contribution in [0.5, 0.6) is 0 Å². The molecule has 1 aromatic rings. The van der Waals surface area contributed by atoms with Crippen molar-refractivity contribution in [2.75, 3.05) is 36.8 Å². The summed E-state index contributed by atoms with van der Waals surface area (Å²) in [5.41, 5.74) is 4.88. The van der Waals surface area contributed by atoms with Crippen molar-refractivity contribution < 1.29 is 23.8 Å². The predicted molar refractivity (Wildman–Crippen MR) is 170 cm³/mol. The molecule has 0 spiro atoms. The lowest BCUT2D eigenvalue weighted by Gasteiger charge is -2.19. The molecule has 0 aliphatic rings. The van der Waals surface area contributed by atoms with Gasteiger partial charge in [-0.2, -0.15) is 4.98 Å². The molecule has 0 amide bonds. The van der Waals surface area contributed by atoms with Gasteiger partial charge in [0.1, 0.15) is 12.2 Å². The fourth-order valence-corrected chi connectivity index (χ4v) is 7.33. The minimum atomic E-state index is -3.94. The average Bonchev–Trinajstić information content (AvgIpc) is 2.93. The number of aliphatic hydroxyl groups excluding tert-OH is 1. The van der Waals surface area contributed by atoms with Gasteiger partial charge in [-0.15, -0.1) is 0 Å². The van der Waals surface area contributed by atoms with Crippen LogP contribution in [-0.4, -0.2) is 56.7 Å². The van der Waals surface area contributed by atoms with Crippen LogP contribution in [0.1, 0.15) is 110 Å². The Morgan fingerprint density at radius 3 is 1.98 bits per heavy atom. The summed E-state index contributed by atoms with van der Waals surface area (Å²) in [7, 11) is -0.0127. The van der Waals surface area contributed by atoms with Crippen molar-refractivity contribution in [1.82, 2.24) is 9.55 Å². The molecule has 0 aromatic carbocycles. The van der Waals surface area contributed by atoms with Crippen LogP contribution in [0.15, 0.2) is 17.1 Å². The van der Waals surface area contributed by atoms with Crippen molar-refractivity contribution in [2.45, 2.75) is 122 Å². The third-order valence-corrected chi connectivity index (χ3v) is 10.2. The maximum absolute atomic E-state index is 12.2. The molecular weight excluding hydrogens is 569 g/mol. The Bertz CT molecular complexity index is 849. The van der Waals surface area contributed by atoms with E-state index in [0.717, 1.165) is 25.0 Å². The number of aromatic nitrogens is 2. The molecule has 0 bridgehead atoms. The third kappa shape index (κ3) is 21.2. The maximum Gasteiger partial charge on any atom is 0.353 e. The van der Waals surface area contributed by atoms with Crippen molar-refractivity contribution in [3.63, 3.8) is 0 Å². The number of nitrogens with zero attached hydrogens (tertiary/aromatic N) is 2. The summed E-state index contributed by atoms with van der Waals surface area (Å²) in [5, 5.41) is 9.49. The van der Waals surface area contributed by atoms with Gasteiger partial charge in [0.05, 0.1) is 25.9 Å². The van der Waals surface area contributed by atoms with Crippen molar-refractivity contribution in [1.29, 1.82) is 0 Å². The smallest absolute Gasteiger partial charge is 0.353 e. The Morgan fingerprint density at radius 2 is 1.45 bits per heavy atom. The molecule has 9 nitrogen and oxygen atoms in total. The topological polar surface area (TPSA) is 137 Å². The number of rotatable bonds is 28. The quantitative estimate of drug-likeness (QED) is 0.0508. The summed E-state index contributed by atoms with van der Waals surface area (Å²) in [5.74, 6) is 2.46. The Hall–Kier alpha value is -0.550. The summed E-state index contributed by atoms with van der Waals surface area (Å²) in [6, 6.07) is 1.45. The van der Waals surface area contributed by atoms with Gasteiger partial charge >= 0.3 is 13.3 Å². The van der Waals surface area contributed by atoms with Gasteiger partial charge in [0.25, 0.3) is 0 Å². The molecule has 0 radical (unpaired) electrons. The van der Waals surface area contributed by atoms with E-state index in [1.165, 1.54) is 99.6 Å². The summed E-state index contributed by atoms with van der Waals surface area (Å²) in [4.78, 5) is 25.4. The van der Waals surface area contributed by atoms with E-state index >= 15 is 0 Å². The van der Waals surface area contributed by atoms with E-state index in [1.54, 1.807) is 0 Å². The van der Waals surface area contributed by atoms with Crippen LogP contribution >= 0.6 is 29.2 Å². The minimum Gasteiger partial charge on any atom is -0.394 e. The summed E-state index contributed by atoms with van der Waals surface area (Å²) >= 11 is 0. The molecular formula is C28H54N3O6PS2. The van der Waals surface area contributed by atoms with E-state index in [0.29, 0.717) is 6.42 Å². The Morgan fingerprint density at radius 1 is 0.925 bits per heavy atom. The van der Waals surface area contributed by atoms with Gasteiger partial charge in [-0.05, 0) is 25.3 Å². The normalized spacial score (nSPS) is 13.9. The van der Waals surface area contributed by atoms with E-state index in [2.05, 4.69) is 11.9 Å². The number of anilines is 1. The molecule has 0 fully saturated rings. The zero-order valence-electron chi connectivity index (χ0n) is 24.6. The molecule has 2 atom stereocenters. The number of nitrogen functional groups attached to an aromatic ring is 1. The van der Waals surface area contributed by atoms with Crippen LogP contribution in [0.2, 0.25) is 0 Å². The second-order valence-corrected chi connectivity index (χ2v) is 14.8. The monoisotopic (exact) mass is 623 g/mol. The van der Waals surface area contributed by atoms with Crippen LogP contribution in [-0.2, 0) is 20.4 Å². The van der Waals surface area contributed by atoms with Crippen LogP contribution in [0, 0.1) is 0 Å². The van der Waals surface area contributed by atoms with Crippen LogP contribution in [0.3, 0.4) is 0 Å². The van der Waals surface area contributed by atoms with Crippen LogP contribution in [0.4, 0.5) is 5.82 Å². The van der Waals surface area contributed by atoms with Crippen molar-refractivity contribution in [3.8, 4) is 0 Å². The molecule has 234 valence electrons. The molecule has 0 aliphatic heterocycles. The van der Waals surface area contributed by atoms with Gasteiger partial charge in [-0.1, -0.05) is 112 Å². The summed E-state index contributed by atoms with van der Waals surface area (Å²) < 4.78 is 23.9. The van der Waals surface area contributed by atoms with E-state index in [4.69, 9.17) is 15.0 Å². The first kappa shape index (κ1) is 37.5. The summed E-state index contributed by atoms with van der Waals surface area (Å²) in [6.45, 7) is 2.01. The van der Waals surface area contributed by atoms with E-state index < -0.39 is 32.3 Å². The molecule has 1 rings (SSSR count). The molecule has 40 heavy (non-hydrogen) atoms. The van der Waals surface area contributed by atoms with E-state index in [-0.39, 0.29) is 19.0 Å². The molecule has 1 aromatic heterocycles. The lowest BCUT2D eigenvalue weighted by atomic mass is 10.1. The van der Waals surface area contributed by atoms with Crippen LogP contribution < -0.4 is 11.4 Å². The minimum absolute atomic E-state index is 0.0156. The highest BCUT2D eigenvalue weighted by Crippen LogP contribution is 2.42. The van der Waals surface area contributed by atoms with Gasteiger partial charge in [0, 0.05) is 17.7 Å². The zero-order chi connectivity index (χ0) is 29.3. The zero-order valence-corrected chi connectivity index (χ0v) is 27.1. The largest absolute Gasteiger partial charge is 0.394 e. The van der Waals surface area contributed by atoms with Gasteiger partial charge in [-0.25, -0.2) is 4.79 Å². The second-order valence-electron chi connectivity index (χ2n) is 10.3. The first-order chi connectivity index (χ1) is 19.4. The molecule has 0 saturated carbocycles. The van der Waals surface area contributed by atoms with Gasteiger partial charge in [0.15, 0.2) is 0 Å². The van der Waals surface area contributed by atoms with Gasteiger partial charge in [-0.3, -0.25) is 9.13 Å². The Balaban J connectivity index is 1.91. The maximum atomic E-state index is 12.2. The van der Waals surface area contributed by atoms with E-state index in [1.807, 2.05) is 21.6 Å². The number of aliphatic hydroxyl groups is 1. The predicted octanol–water partition coefficient (Wildman–Crippen LogP) is 7.01. The fourth-order valence-electron chi connectivity index (χ4n) is 4.14. The van der Waals surface area contributed by atoms with E-state index in [9.17, 15) is 19.4 Å². The number of nitrogens with two attached hydrogens (primary N) is 1. The number of ether oxygens (including phenoxy) is 1. The number of hydrogen-bond acceptors (Lipinski definition) is 9.